The Morgan fingerprint density at radius 2 is 2.06 bits per heavy atom. The molecular formula is C21H19F2N5O2S. The number of nitrogens with zero attached hydrogens (tertiary/aromatic N) is 4. The smallest absolute Gasteiger partial charge is 0.320 e. The summed E-state index contributed by atoms with van der Waals surface area (Å²) in [5.74, 6) is -3.33. The maximum absolute atomic E-state index is 14.8. The van der Waals surface area contributed by atoms with Crippen molar-refractivity contribution in [2.75, 3.05) is 0 Å². The molecule has 0 unspecified atom stereocenters. The Labute approximate surface area is 181 Å². The third-order valence-corrected chi connectivity index (χ3v) is 6.84. The lowest BCUT2D eigenvalue weighted by molar-refractivity contribution is -0.141. The van der Waals surface area contributed by atoms with Gasteiger partial charge in [-0.2, -0.15) is 9.65 Å². The van der Waals surface area contributed by atoms with Gasteiger partial charge in [0, 0.05) is 23.9 Å². The molecule has 7 nitrogen and oxygen atoms in total. The number of amidine groups is 1. The van der Waals surface area contributed by atoms with E-state index in [9.17, 15) is 18.7 Å². The number of pyridine rings is 2. The van der Waals surface area contributed by atoms with E-state index in [0.29, 0.717) is 0 Å². The van der Waals surface area contributed by atoms with Gasteiger partial charge in [0.2, 0.25) is 5.95 Å². The van der Waals surface area contributed by atoms with Gasteiger partial charge in [-0.1, -0.05) is 18.7 Å². The lowest BCUT2D eigenvalue weighted by Gasteiger charge is -2.44. The van der Waals surface area contributed by atoms with Gasteiger partial charge in [-0.3, -0.25) is 14.8 Å². The number of hydrogen-bond donors (Lipinski definition) is 2. The third-order valence-electron chi connectivity index (χ3n) is 5.59. The van der Waals surface area contributed by atoms with E-state index >= 15 is 0 Å². The average Bonchev–Trinajstić information content (AvgIpc) is 2.73. The molecule has 0 aliphatic carbocycles. The van der Waals surface area contributed by atoms with Crippen molar-refractivity contribution in [1.29, 1.82) is 5.26 Å². The minimum Gasteiger partial charge on any atom is -0.480 e. The van der Waals surface area contributed by atoms with Gasteiger partial charge in [0.05, 0.1) is 16.8 Å². The summed E-state index contributed by atoms with van der Waals surface area (Å²) < 4.78 is 28.1. The molecule has 0 bridgehead atoms. The van der Waals surface area contributed by atoms with Crippen LogP contribution in [-0.4, -0.2) is 31.0 Å². The molecule has 2 aromatic heterocycles. The number of nitrogens with two attached hydrogens (primary N) is 1. The molecule has 0 amide bonds. The summed E-state index contributed by atoms with van der Waals surface area (Å²) in [7, 11) is 0. The first-order valence-corrected chi connectivity index (χ1v) is 10.0. The molecule has 31 heavy (non-hydrogen) atoms. The number of halogens is 2. The zero-order chi connectivity index (χ0) is 23.0. The number of carbonyl (C=O) groups is 1. The molecule has 3 rings (SSSR count). The van der Waals surface area contributed by atoms with Crippen LogP contribution in [0.4, 0.5) is 8.78 Å². The molecule has 10 heteroatoms. The van der Waals surface area contributed by atoms with Crippen LogP contribution in [0.5, 0.6) is 0 Å². The number of rotatable bonds is 4. The van der Waals surface area contributed by atoms with Crippen LogP contribution in [0.15, 0.2) is 35.6 Å². The van der Waals surface area contributed by atoms with Crippen LogP contribution in [0.2, 0.25) is 0 Å². The number of nitriles is 1. The van der Waals surface area contributed by atoms with E-state index in [2.05, 4.69) is 15.0 Å². The number of thioether (sulfide) groups is 1. The topological polar surface area (TPSA) is 125 Å². The molecule has 3 atom stereocenters. The van der Waals surface area contributed by atoms with E-state index < -0.39 is 33.9 Å². The second-order valence-corrected chi connectivity index (χ2v) is 8.95. The maximum Gasteiger partial charge on any atom is 0.320 e. The summed E-state index contributed by atoms with van der Waals surface area (Å²) in [6, 6.07) is 6.05. The first-order valence-electron chi connectivity index (χ1n) is 9.18. The molecular weight excluding hydrogens is 424 g/mol. The zero-order valence-electron chi connectivity index (χ0n) is 16.9. The number of hydrogen-bond acceptors (Lipinski definition) is 7. The maximum atomic E-state index is 14.8. The molecule has 3 N–H and O–H groups in total. The summed E-state index contributed by atoms with van der Waals surface area (Å²) in [6.07, 6.45) is 3.51. The van der Waals surface area contributed by atoms with Crippen LogP contribution in [0, 0.1) is 23.2 Å². The summed E-state index contributed by atoms with van der Waals surface area (Å²) in [5, 5.41) is 18.6. The number of carboxylic acid groups (broad SMARTS) is 1. The van der Waals surface area contributed by atoms with Crippen molar-refractivity contribution in [1.82, 2.24) is 9.97 Å². The highest BCUT2D eigenvalue weighted by Crippen LogP contribution is 2.50. The van der Waals surface area contributed by atoms with Crippen molar-refractivity contribution in [2.24, 2.45) is 16.6 Å². The Morgan fingerprint density at radius 3 is 2.65 bits per heavy atom. The van der Waals surface area contributed by atoms with E-state index in [1.54, 1.807) is 13.8 Å². The standard InChI is InChI=1S/C21H19F2N5O2S/c1-11-20(2,28-19(25)31-21(11,3)18(29)30)14-6-13(10-27-17(14)23)7-15(22)16-5-4-12(8-24)9-26-16/h4-7,9-11H,1-3H3,(H2,25,28)(H,29,30)/b15-7-/t11-,20-,21-/m0/s1. The number of aromatic nitrogens is 2. The molecule has 1 aliphatic rings. The Kier molecular flexibility index (Phi) is 5.83. The zero-order valence-corrected chi connectivity index (χ0v) is 17.7. The predicted octanol–water partition coefficient (Wildman–Crippen LogP) is 3.71. The van der Waals surface area contributed by atoms with Gasteiger partial charge in [0.1, 0.15) is 16.6 Å². The second-order valence-electron chi connectivity index (χ2n) is 7.48. The van der Waals surface area contributed by atoms with Crippen molar-refractivity contribution in [2.45, 2.75) is 31.1 Å². The molecule has 0 radical (unpaired) electrons. The fourth-order valence-corrected chi connectivity index (χ4v) is 4.60. The first-order chi connectivity index (χ1) is 14.5. The van der Waals surface area contributed by atoms with Crippen molar-refractivity contribution in [3.8, 4) is 6.07 Å². The predicted molar refractivity (Wildman–Crippen MR) is 114 cm³/mol. The molecule has 0 spiro atoms. The average molecular weight is 443 g/mol. The number of aliphatic imine (C=N–C) groups is 1. The Morgan fingerprint density at radius 1 is 1.35 bits per heavy atom. The van der Waals surface area contributed by atoms with E-state index in [4.69, 9.17) is 11.0 Å². The lowest BCUT2D eigenvalue weighted by atomic mass is 9.74. The third kappa shape index (κ3) is 4.01. The van der Waals surface area contributed by atoms with Crippen LogP contribution in [-0.2, 0) is 10.3 Å². The Hall–Kier alpha value is -3.32. The molecule has 3 heterocycles. The van der Waals surface area contributed by atoms with E-state index in [1.807, 2.05) is 6.07 Å². The van der Waals surface area contributed by atoms with E-state index in [-0.39, 0.29) is 27.6 Å². The van der Waals surface area contributed by atoms with Gasteiger partial charge < -0.3 is 10.8 Å². The van der Waals surface area contributed by atoms with Gasteiger partial charge in [0.15, 0.2) is 5.17 Å². The number of aliphatic carboxylic acids is 1. The fraction of sp³-hybridized carbons (Fsp3) is 0.286. The quantitative estimate of drug-likeness (QED) is 0.690. The van der Waals surface area contributed by atoms with Gasteiger partial charge in [-0.15, -0.1) is 0 Å². The summed E-state index contributed by atoms with van der Waals surface area (Å²) >= 11 is 0.905. The van der Waals surface area contributed by atoms with Gasteiger partial charge in [-0.05, 0) is 43.7 Å². The normalized spacial score (nSPS) is 26.1. The van der Waals surface area contributed by atoms with E-state index in [0.717, 1.165) is 24.0 Å². The molecule has 2 aromatic rings. The van der Waals surface area contributed by atoms with Crippen molar-refractivity contribution >= 4 is 34.8 Å². The molecule has 0 fully saturated rings. The summed E-state index contributed by atoms with van der Waals surface area (Å²) in [6.45, 7) is 4.74. The molecule has 160 valence electrons. The van der Waals surface area contributed by atoms with Crippen LogP contribution in [0.3, 0.4) is 0 Å². The van der Waals surface area contributed by atoms with Crippen LogP contribution >= 0.6 is 11.8 Å². The first kappa shape index (κ1) is 22.4. The van der Waals surface area contributed by atoms with Gasteiger partial charge >= 0.3 is 5.97 Å². The van der Waals surface area contributed by atoms with Gasteiger partial charge in [0.25, 0.3) is 0 Å². The minimum atomic E-state index is -1.35. The Balaban J connectivity index is 2.07. The second kappa shape index (κ2) is 8.07. The number of carboxylic acids is 1. The molecule has 1 aliphatic heterocycles. The lowest BCUT2D eigenvalue weighted by Crippen LogP contribution is -2.52. The fourth-order valence-electron chi connectivity index (χ4n) is 3.43. The highest BCUT2D eigenvalue weighted by atomic mass is 32.2. The van der Waals surface area contributed by atoms with Crippen LogP contribution < -0.4 is 5.73 Å². The van der Waals surface area contributed by atoms with Crippen LogP contribution in [0.25, 0.3) is 11.9 Å². The Bertz CT molecular complexity index is 1150. The van der Waals surface area contributed by atoms with Crippen molar-refractivity contribution < 1.29 is 18.7 Å². The molecule has 0 saturated heterocycles. The van der Waals surface area contributed by atoms with Crippen molar-refractivity contribution in [3.63, 3.8) is 0 Å². The SMILES string of the molecule is C[C@@H]1[C@@](C)(C(=O)O)SC(N)=N[C@]1(C)c1cc(/C=C(\F)c2ccc(C#N)cn2)cnc1F. The minimum absolute atomic E-state index is 0.000705. The summed E-state index contributed by atoms with van der Waals surface area (Å²) in [4.78, 5) is 23.9. The highest BCUT2D eigenvalue weighted by Gasteiger charge is 2.54. The monoisotopic (exact) mass is 443 g/mol. The van der Waals surface area contributed by atoms with Crippen molar-refractivity contribution in [3.05, 3.63) is 58.9 Å². The van der Waals surface area contributed by atoms with Crippen LogP contribution in [0.1, 0.15) is 43.2 Å². The van der Waals surface area contributed by atoms with E-state index in [1.165, 1.54) is 31.3 Å². The largest absolute Gasteiger partial charge is 0.480 e. The van der Waals surface area contributed by atoms with Gasteiger partial charge in [-0.25, -0.2) is 9.37 Å². The molecule has 0 saturated carbocycles. The summed E-state index contributed by atoms with van der Waals surface area (Å²) in [5.41, 5.74) is 5.08. The highest BCUT2D eigenvalue weighted by molar-refractivity contribution is 8.15. The molecule has 0 aromatic carbocycles.